The maximum atomic E-state index is 13.4. The van der Waals surface area contributed by atoms with Crippen LogP contribution in [-0.2, 0) is 19.1 Å². The number of benzene rings is 1. The van der Waals surface area contributed by atoms with Gasteiger partial charge in [-0.3, -0.25) is 24.3 Å². The zero-order valence-corrected chi connectivity index (χ0v) is 24.7. The second-order valence-corrected chi connectivity index (χ2v) is 12.2. The average Bonchev–Trinajstić information content (AvgIpc) is 2.90. The number of pyridine rings is 1. The number of nitrogens with zero attached hydrogens (tertiary/aromatic N) is 3. The third kappa shape index (κ3) is 6.88. The van der Waals surface area contributed by atoms with Crippen LogP contribution in [0.5, 0.6) is 0 Å². The molecule has 3 heterocycles. The van der Waals surface area contributed by atoms with E-state index in [1.807, 2.05) is 45.2 Å². The summed E-state index contributed by atoms with van der Waals surface area (Å²) in [6, 6.07) is 8.16. The molecule has 9 heteroatoms. The van der Waals surface area contributed by atoms with Crippen LogP contribution >= 0.6 is 0 Å². The number of ether oxygens (including phenoxy) is 1. The predicted octanol–water partition coefficient (Wildman–Crippen LogP) is 3.85. The van der Waals surface area contributed by atoms with Crippen LogP contribution in [0.4, 0.5) is 0 Å². The Bertz CT molecular complexity index is 1290. The Labute approximate surface area is 237 Å². The van der Waals surface area contributed by atoms with Crippen LogP contribution in [0.2, 0.25) is 0 Å². The summed E-state index contributed by atoms with van der Waals surface area (Å²) in [6.45, 7) is 12.9. The molecule has 0 spiro atoms. The van der Waals surface area contributed by atoms with Crippen molar-refractivity contribution in [1.29, 1.82) is 0 Å². The van der Waals surface area contributed by atoms with E-state index in [9.17, 15) is 14.4 Å². The van der Waals surface area contributed by atoms with E-state index in [0.717, 1.165) is 16.5 Å². The molecular formula is C31H43N5O4. The first-order chi connectivity index (χ1) is 18.8. The number of esters is 1. The Balaban J connectivity index is 1.70. The molecule has 4 rings (SSSR count). The van der Waals surface area contributed by atoms with Gasteiger partial charge in [-0.2, -0.15) is 0 Å². The number of hydrogen-bond acceptors (Lipinski definition) is 7. The molecule has 5 bridgehead atoms. The van der Waals surface area contributed by atoms with E-state index in [1.165, 1.54) is 5.01 Å². The van der Waals surface area contributed by atoms with Gasteiger partial charge in [0.25, 0.3) is 5.91 Å². The van der Waals surface area contributed by atoms with E-state index in [4.69, 9.17) is 9.72 Å². The largest absolute Gasteiger partial charge is 0.455 e. The van der Waals surface area contributed by atoms with E-state index < -0.39 is 30.2 Å². The number of amides is 2. The lowest BCUT2D eigenvalue weighted by Crippen LogP contribution is -2.61. The molecular weight excluding hydrogens is 506 g/mol. The van der Waals surface area contributed by atoms with Crippen LogP contribution in [0, 0.1) is 11.3 Å². The van der Waals surface area contributed by atoms with Crippen molar-refractivity contribution in [2.75, 3.05) is 20.1 Å². The molecule has 2 aliphatic rings. The number of nitrogens with one attached hydrogen (secondary N) is 2. The minimum atomic E-state index is -0.757. The molecule has 1 aromatic heterocycles. The number of hydrazine groups is 1. The number of rotatable bonds is 1. The molecule has 1 saturated heterocycles. The highest BCUT2D eigenvalue weighted by molar-refractivity contribution is 5.90. The average molecular weight is 550 g/mol. The number of hydrogen-bond donors (Lipinski definition) is 2. The van der Waals surface area contributed by atoms with Crippen LogP contribution in [0.15, 0.2) is 36.4 Å². The van der Waals surface area contributed by atoms with Crippen molar-refractivity contribution in [2.24, 2.45) is 11.3 Å². The minimum Gasteiger partial charge on any atom is -0.455 e. The van der Waals surface area contributed by atoms with Gasteiger partial charge in [0.2, 0.25) is 5.91 Å². The number of cyclic esters (lactones) is 1. The predicted molar refractivity (Wildman–Crippen MR) is 156 cm³/mol. The summed E-state index contributed by atoms with van der Waals surface area (Å²) in [5, 5.41) is 5.36. The molecule has 2 N–H and O–H groups in total. The summed E-state index contributed by atoms with van der Waals surface area (Å²) in [5.74, 6) is -0.884. The standard InChI is InChI=1S/C31H43N5O4/c1-19(2)27-28(37)32-20(3)29(38)36-16-8-9-25(34-36)30(39)40-21(4)24-13-12-23-11-10-22(17-26(23)33-24)14-15-31(5,6)18-35(27)7/h10-15,17,19-21,25,27,34H,8-9,16,18H2,1-7H3,(H,32,37)/b15-14+/t20?,21-,25?,27?/m1/s1. The Hall–Kier alpha value is -3.30. The first-order valence-corrected chi connectivity index (χ1v) is 14.2. The fraction of sp³-hybridized carbons (Fsp3) is 0.548. The third-order valence-corrected chi connectivity index (χ3v) is 7.67. The molecule has 4 atom stereocenters. The molecule has 1 fully saturated rings. The molecule has 3 unspecified atom stereocenters. The number of carbonyl (C=O) groups is 3. The van der Waals surface area contributed by atoms with Crippen LogP contribution in [0.3, 0.4) is 0 Å². The maximum absolute atomic E-state index is 13.4. The Morgan fingerprint density at radius 3 is 2.55 bits per heavy atom. The van der Waals surface area contributed by atoms with Gasteiger partial charge in [0.15, 0.2) is 0 Å². The van der Waals surface area contributed by atoms with Gasteiger partial charge < -0.3 is 10.1 Å². The lowest BCUT2D eigenvalue weighted by atomic mass is 9.89. The Morgan fingerprint density at radius 1 is 1.10 bits per heavy atom. The van der Waals surface area contributed by atoms with Crippen molar-refractivity contribution in [3.8, 4) is 0 Å². The lowest BCUT2D eigenvalue weighted by Gasteiger charge is -2.37. The fourth-order valence-corrected chi connectivity index (χ4v) is 5.63. The normalized spacial score (nSPS) is 27.9. The topological polar surface area (TPSA) is 104 Å². The molecule has 0 radical (unpaired) electrons. The molecule has 0 aliphatic carbocycles. The number of fused-ring (bicyclic) bond motifs is 4. The zero-order chi connectivity index (χ0) is 29.2. The summed E-state index contributed by atoms with van der Waals surface area (Å²) < 4.78 is 5.79. The summed E-state index contributed by atoms with van der Waals surface area (Å²) in [7, 11) is 1.95. The molecule has 9 nitrogen and oxygen atoms in total. The molecule has 2 aromatic rings. The molecule has 0 saturated carbocycles. The van der Waals surface area contributed by atoms with E-state index in [1.54, 1.807) is 13.8 Å². The first kappa shape index (κ1) is 29.7. The lowest BCUT2D eigenvalue weighted by molar-refractivity contribution is -0.157. The summed E-state index contributed by atoms with van der Waals surface area (Å²) in [4.78, 5) is 46.7. The van der Waals surface area contributed by atoms with Gasteiger partial charge in [-0.25, -0.2) is 10.4 Å². The quantitative estimate of drug-likeness (QED) is 0.521. The highest BCUT2D eigenvalue weighted by Gasteiger charge is 2.35. The smallest absolute Gasteiger partial charge is 0.325 e. The summed E-state index contributed by atoms with van der Waals surface area (Å²) >= 11 is 0. The summed E-state index contributed by atoms with van der Waals surface area (Å²) in [6.07, 6.45) is 4.87. The first-order valence-electron chi connectivity index (χ1n) is 14.2. The van der Waals surface area contributed by atoms with Gasteiger partial charge >= 0.3 is 5.97 Å². The van der Waals surface area contributed by atoms with E-state index in [-0.39, 0.29) is 23.1 Å². The van der Waals surface area contributed by atoms with Gasteiger partial charge in [-0.15, -0.1) is 0 Å². The van der Waals surface area contributed by atoms with Crippen molar-refractivity contribution in [3.05, 3.63) is 47.7 Å². The third-order valence-electron chi connectivity index (χ3n) is 7.67. The van der Waals surface area contributed by atoms with Crippen LogP contribution in [0.25, 0.3) is 17.0 Å². The molecule has 2 aliphatic heterocycles. The van der Waals surface area contributed by atoms with Gasteiger partial charge in [-0.05, 0) is 62.8 Å². The van der Waals surface area contributed by atoms with Crippen molar-refractivity contribution < 1.29 is 19.1 Å². The van der Waals surface area contributed by atoms with Gasteiger partial charge in [0.05, 0.1) is 17.3 Å². The van der Waals surface area contributed by atoms with E-state index in [2.05, 4.69) is 47.7 Å². The highest BCUT2D eigenvalue weighted by Crippen LogP contribution is 2.26. The van der Waals surface area contributed by atoms with Crippen molar-refractivity contribution in [1.82, 2.24) is 25.6 Å². The SMILES string of the molecule is CC1NC(=O)C(C(C)C)N(C)CC(C)(C)/C=C/c2ccc3ccc(nc3c2)[C@@H](C)OC(=O)C2CCCN(N2)C1=O. The van der Waals surface area contributed by atoms with E-state index in [0.29, 0.717) is 31.6 Å². The summed E-state index contributed by atoms with van der Waals surface area (Å²) in [5.41, 5.74) is 5.30. The van der Waals surface area contributed by atoms with Gasteiger partial charge in [-0.1, -0.05) is 58.0 Å². The monoisotopic (exact) mass is 549 g/mol. The number of aromatic nitrogens is 1. The number of carbonyl (C=O) groups excluding carboxylic acids is 3. The Morgan fingerprint density at radius 2 is 1.82 bits per heavy atom. The molecule has 40 heavy (non-hydrogen) atoms. The van der Waals surface area contributed by atoms with Crippen molar-refractivity contribution in [2.45, 2.75) is 78.6 Å². The molecule has 2 amide bonds. The maximum Gasteiger partial charge on any atom is 0.325 e. The highest BCUT2D eigenvalue weighted by atomic mass is 16.5. The van der Waals surface area contributed by atoms with Crippen molar-refractivity contribution >= 4 is 34.8 Å². The van der Waals surface area contributed by atoms with E-state index >= 15 is 0 Å². The van der Waals surface area contributed by atoms with Crippen LogP contribution in [-0.4, -0.2) is 70.9 Å². The Kier molecular flexibility index (Phi) is 8.95. The minimum absolute atomic E-state index is 0.0312. The van der Waals surface area contributed by atoms with Gasteiger partial charge in [0.1, 0.15) is 18.2 Å². The molecule has 216 valence electrons. The fourth-order valence-electron chi connectivity index (χ4n) is 5.63. The second-order valence-electron chi connectivity index (χ2n) is 12.2. The second kappa shape index (κ2) is 12.1. The van der Waals surface area contributed by atoms with Gasteiger partial charge in [0, 0.05) is 18.5 Å². The van der Waals surface area contributed by atoms with Crippen LogP contribution in [0.1, 0.15) is 71.7 Å². The number of likely N-dealkylation sites (N-methyl/N-ethyl adjacent to an activating group) is 1. The van der Waals surface area contributed by atoms with Crippen LogP contribution < -0.4 is 10.7 Å². The zero-order valence-electron chi connectivity index (χ0n) is 24.7. The molecule has 1 aromatic carbocycles. The van der Waals surface area contributed by atoms with Crippen molar-refractivity contribution in [3.63, 3.8) is 0 Å².